The van der Waals surface area contributed by atoms with E-state index in [1.54, 1.807) is 11.3 Å². The number of imidazole rings is 1. The van der Waals surface area contributed by atoms with Gasteiger partial charge >= 0.3 is 0 Å². The molecule has 0 amide bonds. The molecule has 110 valence electrons. The first-order valence-corrected chi connectivity index (χ1v) is 8.16. The van der Waals surface area contributed by atoms with Crippen LogP contribution < -0.4 is 5.32 Å². The summed E-state index contributed by atoms with van der Waals surface area (Å²) in [6, 6.07) is 3.74. The molecule has 0 spiro atoms. The highest BCUT2D eigenvalue weighted by molar-refractivity contribution is 7.17. The van der Waals surface area contributed by atoms with E-state index in [-0.39, 0.29) is 0 Å². The minimum Gasteiger partial charge on any atom is -0.378 e. The molecule has 0 saturated carbocycles. The highest BCUT2D eigenvalue weighted by atomic mass is 35.5. The minimum atomic E-state index is 0.655. The van der Waals surface area contributed by atoms with Gasteiger partial charge in [0, 0.05) is 16.1 Å². The van der Waals surface area contributed by atoms with Crippen LogP contribution in [0, 0.1) is 20.8 Å². The van der Waals surface area contributed by atoms with Crippen LogP contribution in [0.3, 0.4) is 0 Å². The molecule has 3 aromatic rings. The topological polar surface area (TPSA) is 29.3 Å². The maximum atomic E-state index is 6.26. The number of aromatic nitrogens is 2. The molecule has 1 aromatic carbocycles. The molecule has 0 radical (unpaired) electrons. The summed E-state index contributed by atoms with van der Waals surface area (Å²) in [7, 11) is 0. The Morgan fingerprint density at radius 3 is 2.71 bits per heavy atom. The SMILES string of the molecule is Cc1cn2c(CNc3cc(Cl)c(C)cc3Cl)c(C)nc2s1. The second kappa shape index (κ2) is 5.52. The number of aryl methyl sites for hydroxylation is 3. The molecule has 0 aliphatic heterocycles. The average Bonchev–Trinajstić information content (AvgIpc) is 2.88. The van der Waals surface area contributed by atoms with Crippen molar-refractivity contribution in [1.29, 1.82) is 0 Å². The fraction of sp³-hybridized carbons (Fsp3) is 0.267. The Morgan fingerprint density at radius 1 is 1.19 bits per heavy atom. The lowest BCUT2D eigenvalue weighted by molar-refractivity contribution is 0.991. The van der Waals surface area contributed by atoms with Crippen molar-refractivity contribution < 1.29 is 0 Å². The lowest BCUT2D eigenvalue weighted by atomic mass is 10.2. The molecule has 2 heterocycles. The summed E-state index contributed by atoms with van der Waals surface area (Å²) < 4.78 is 2.13. The fourth-order valence-electron chi connectivity index (χ4n) is 2.28. The Morgan fingerprint density at radius 2 is 1.95 bits per heavy atom. The lowest BCUT2D eigenvalue weighted by Crippen LogP contribution is -2.04. The zero-order chi connectivity index (χ0) is 15.1. The third-order valence-electron chi connectivity index (χ3n) is 3.44. The summed E-state index contributed by atoms with van der Waals surface area (Å²) in [5, 5.41) is 4.74. The van der Waals surface area contributed by atoms with Crippen LogP contribution in [0.2, 0.25) is 10.0 Å². The number of fused-ring (bicyclic) bond motifs is 1. The van der Waals surface area contributed by atoms with Crippen LogP contribution in [-0.2, 0) is 6.54 Å². The fourth-order valence-corrected chi connectivity index (χ4v) is 3.62. The standard InChI is InChI=1S/C15H15Cl2N3S/c1-8-4-12(17)13(5-11(8)16)18-6-14-10(3)19-15-20(14)7-9(2)21-15/h4-5,7,18H,6H2,1-3H3. The van der Waals surface area contributed by atoms with Crippen LogP contribution in [0.15, 0.2) is 18.3 Å². The van der Waals surface area contributed by atoms with Crippen LogP contribution in [0.5, 0.6) is 0 Å². The van der Waals surface area contributed by atoms with E-state index in [9.17, 15) is 0 Å². The Hall–Kier alpha value is -1.23. The molecule has 0 saturated heterocycles. The van der Waals surface area contributed by atoms with Crippen molar-refractivity contribution in [2.24, 2.45) is 0 Å². The Labute approximate surface area is 137 Å². The smallest absolute Gasteiger partial charge is 0.194 e. The van der Waals surface area contributed by atoms with Crippen LogP contribution in [0.1, 0.15) is 21.8 Å². The van der Waals surface area contributed by atoms with E-state index < -0.39 is 0 Å². The van der Waals surface area contributed by atoms with Crippen molar-refractivity contribution in [3.63, 3.8) is 0 Å². The first-order chi connectivity index (χ1) is 9.95. The number of hydrogen-bond donors (Lipinski definition) is 1. The van der Waals surface area contributed by atoms with Gasteiger partial charge in [-0.25, -0.2) is 4.98 Å². The summed E-state index contributed by atoms with van der Waals surface area (Å²) in [5.74, 6) is 0. The molecule has 0 atom stereocenters. The summed E-state index contributed by atoms with van der Waals surface area (Å²) >= 11 is 14.1. The van der Waals surface area contributed by atoms with Gasteiger partial charge in [0.2, 0.25) is 0 Å². The van der Waals surface area contributed by atoms with E-state index in [2.05, 4.69) is 27.8 Å². The van der Waals surface area contributed by atoms with Crippen LogP contribution in [0.4, 0.5) is 5.69 Å². The van der Waals surface area contributed by atoms with Gasteiger partial charge in [-0.1, -0.05) is 23.2 Å². The Kier molecular flexibility index (Phi) is 3.86. The summed E-state index contributed by atoms with van der Waals surface area (Å²) in [6.45, 7) is 6.71. The average molecular weight is 340 g/mol. The predicted octanol–water partition coefficient (Wildman–Crippen LogP) is 5.24. The van der Waals surface area contributed by atoms with Gasteiger partial charge in [-0.2, -0.15) is 0 Å². The van der Waals surface area contributed by atoms with Gasteiger partial charge in [-0.3, -0.25) is 4.40 Å². The Bertz CT molecular complexity index is 820. The molecule has 0 bridgehead atoms. The van der Waals surface area contributed by atoms with Gasteiger partial charge in [0.05, 0.1) is 28.6 Å². The Balaban J connectivity index is 1.90. The van der Waals surface area contributed by atoms with E-state index >= 15 is 0 Å². The number of thiazole rings is 1. The number of hydrogen-bond acceptors (Lipinski definition) is 3. The molecule has 0 unspecified atom stereocenters. The highest BCUT2D eigenvalue weighted by Gasteiger charge is 2.12. The molecule has 0 aliphatic rings. The third kappa shape index (κ3) is 2.76. The van der Waals surface area contributed by atoms with Crippen LogP contribution in [-0.4, -0.2) is 9.38 Å². The third-order valence-corrected chi connectivity index (χ3v) is 5.05. The molecule has 3 nitrogen and oxygen atoms in total. The van der Waals surface area contributed by atoms with Gasteiger partial charge in [0.15, 0.2) is 4.96 Å². The van der Waals surface area contributed by atoms with Crippen molar-refractivity contribution in [2.75, 3.05) is 5.32 Å². The number of nitrogens with zero attached hydrogens (tertiary/aromatic N) is 2. The first kappa shape index (κ1) is 14.7. The van der Waals surface area contributed by atoms with E-state index in [0.29, 0.717) is 16.6 Å². The quantitative estimate of drug-likeness (QED) is 0.706. The van der Waals surface area contributed by atoms with Crippen LogP contribution in [0.25, 0.3) is 4.96 Å². The van der Waals surface area contributed by atoms with E-state index in [4.69, 9.17) is 23.2 Å². The monoisotopic (exact) mass is 339 g/mol. The van der Waals surface area contributed by atoms with Crippen molar-refractivity contribution in [3.05, 3.63) is 50.2 Å². The second-order valence-electron chi connectivity index (χ2n) is 5.07. The maximum absolute atomic E-state index is 6.26. The largest absolute Gasteiger partial charge is 0.378 e. The second-order valence-corrected chi connectivity index (χ2v) is 7.10. The molecule has 21 heavy (non-hydrogen) atoms. The van der Waals surface area contributed by atoms with Crippen molar-refractivity contribution in [2.45, 2.75) is 27.3 Å². The molecule has 6 heteroatoms. The predicted molar refractivity (Wildman–Crippen MR) is 91.1 cm³/mol. The zero-order valence-electron chi connectivity index (χ0n) is 12.0. The summed E-state index contributed by atoms with van der Waals surface area (Å²) in [6.07, 6.45) is 2.11. The van der Waals surface area contributed by atoms with Gasteiger partial charge in [-0.05, 0) is 38.5 Å². The molecule has 0 fully saturated rings. The molecule has 3 rings (SSSR count). The minimum absolute atomic E-state index is 0.655. The van der Waals surface area contributed by atoms with Gasteiger partial charge in [0.25, 0.3) is 0 Å². The maximum Gasteiger partial charge on any atom is 0.194 e. The number of anilines is 1. The number of nitrogens with one attached hydrogen (secondary N) is 1. The van der Waals surface area contributed by atoms with E-state index in [0.717, 1.165) is 27.6 Å². The highest BCUT2D eigenvalue weighted by Crippen LogP contribution is 2.29. The summed E-state index contributed by atoms with van der Waals surface area (Å²) in [4.78, 5) is 6.85. The normalized spacial score (nSPS) is 11.3. The van der Waals surface area contributed by atoms with Crippen LogP contribution >= 0.6 is 34.5 Å². The number of halogens is 2. The van der Waals surface area contributed by atoms with E-state index in [1.165, 1.54) is 4.88 Å². The number of rotatable bonds is 3. The van der Waals surface area contributed by atoms with E-state index in [1.807, 2.05) is 26.0 Å². The molecular formula is C15H15Cl2N3S. The van der Waals surface area contributed by atoms with Gasteiger partial charge in [0.1, 0.15) is 0 Å². The molecule has 1 N–H and O–H groups in total. The van der Waals surface area contributed by atoms with Crippen molar-refractivity contribution >= 4 is 45.2 Å². The van der Waals surface area contributed by atoms with Gasteiger partial charge < -0.3 is 5.32 Å². The number of benzene rings is 1. The summed E-state index contributed by atoms with van der Waals surface area (Å²) in [5.41, 5.74) is 3.99. The molecule has 0 aliphatic carbocycles. The van der Waals surface area contributed by atoms with Gasteiger partial charge in [-0.15, -0.1) is 11.3 Å². The molecular weight excluding hydrogens is 325 g/mol. The zero-order valence-corrected chi connectivity index (χ0v) is 14.3. The molecule has 2 aromatic heterocycles. The first-order valence-electron chi connectivity index (χ1n) is 6.59. The van der Waals surface area contributed by atoms with Crippen molar-refractivity contribution in [1.82, 2.24) is 9.38 Å². The lowest BCUT2D eigenvalue weighted by Gasteiger charge is -2.10. The van der Waals surface area contributed by atoms with Crippen molar-refractivity contribution in [3.8, 4) is 0 Å².